The summed E-state index contributed by atoms with van der Waals surface area (Å²) in [6, 6.07) is 16.7. The van der Waals surface area contributed by atoms with Crippen molar-refractivity contribution in [1.29, 1.82) is 5.26 Å². The third-order valence-electron chi connectivity index (χ3n) is 4.10. The fraction of sp³-hybridized carbons (Fsp3) is 0.0952. The summed E-state index contributed by atoms with van der Waals surface area (Å²) in [4.78, 5) is 8.51. The highest BCUT2D eigenvalue weighted by Crippen LogP contribution is 2.33. The second-order valence-electron chi connectivity index (χ2n) is 5.82. The van der Waals surface area contributed by atoms with Crippen molar-refractivity contribution in [3.8, 4) is 34.3 Å². The van der Waals surface area contributed by atoms with E-state index < -0.39 is 0 Å². The van der Waals surface area contributed by atoms with E-state index in [1.54, 1.807) is 18.5 Å². The Morgan fingerprint density at radius 3 is 2.56 bits per heavy atom. The van der Waals surface area contributed by atoms with Gasteiger partial charge in [-0.3, -0.25) is 4.98 Å². The van der Waals surface area contributed by atoms with Crippen molar-refractivity contribution in [2.75, 3.05) is 13.2 Å². The van der Waals surface area contributed by atoms with Crippen LogP contribution in [-0.4, -0.2) is 28.3 Å². The number of aromatic nitrogens is 2. The van der Waals surface area contributed by atoms with Crippen LogP contribution in [0.25, 0.3) is 33.6 Å². The predicted molar refractivity (Wildman–Crippen MR) is 100.0 cm³/mol. The molecule has 0 unspecified atom stereocenters. The van der Waals surface area contributed by atoms with E-state index in [-0.39, 0.29) is 13.2 Å². The van der Waals surface area contributed by atoms with Crippen molar-refractivity contribution in [3.63, 3.8) is 0 Å². The van der Waals surface area contributed by atoms with Gasteiger partial charge in [-0.05, 0) is 42.5 Å². The number of benzene rings is 1. The highest BCUT2D eigenvalue weighted by Gasteiger charge is 2.13. The molecule has 1 aromatic carbocycles. The molecule has 0 amide bonds. The summed E-state index contributed by atoms with van der Waals surface area (Å²) >= 11 is 0. The average Bonchev–Trinajstić information content (AvgIpc) is 3.17. The molecule has 0 atom stereocenters. The molecule has 0 aliphatic heterocycles. The normalized spacial score (nSPS) is 10.7. The van der Waals surface area contributed by atoms with E-state index in [0.29, 0.717) is 22.8 Å². The Balaban J connectivity index is 1.71. The maximum absolute atomic E-state index is 8.91. The Bertz CT molecular complexity index is 1110. The summed E-state index contributed by atoms with van der Waals surface area (Å²) in [6.45, 7) is 0.236. The molecule has 3 aromatic heterocycles. The molecule has 3 heterocycles. The first-order chi connectivity index (χ1) is 13.3. The molecule has 0 radical (unpaired) electrons. The lowest BCUT2D eigenvalue weighted by Crippen LogP contribution is -2.01. The van der Waals surface area contributed by atoms with E-state index in [2.05, 4.69) is 9.97 Å². The van der Waals surface area contributed by atoms with Crippen molar-refractivity contribution in [2.24, 2.45) is 0 Å². The van der Waals surface area contributed by atoms with Crippen LogP contribution >= 0.6 is 0 Å². The highest BCUT2D eigenvalue weighted by atomic mass is 16.5. The third-order valence-corrected chi connectivity index (χ3v) is 4.10. The lowest BCUT2D eigenvalue weighted by atomic mass is 10.1. The van der Waals surface area contributed by atoms with Crippen LogP contribution in [0.3, 0.4) is 0 Å². The number of furan rings is 1. The molecule has 1 N–H and O–H groups in total. The van der Waals surface area contributed by atoms with Crippen LogP contribution < -0.4 is 4.74 Å². The van der Waals surface area contributed by atoms with Gasteiger partial charge in [0.2, 0.25) is 0 Å². The topological polar surface area (TPSA) is 92.2 Å². The molecule has 4 rings (SSSR count). The van der Waals surface area contributed by atoms with Crippen molar-refractivity contribution >= 4 is 11.1 Å². The lowest BCUT2D eigenvalue weighted by Gasteiger charge is -2.04. The number of hydrogen-bond donors (Lipinski definition) is 1. The zero-order chi connectivity index (χ0) is 18.6. The third kappa shape index (κ3) is 3.36. The Morgan fingerprint density at radius 1 is 1.04 bits per heavy atom. The fourth-order valence-corrected chi connectivity index (χ4v) is 2.81. The summed E-state index contributed by atoms with van der Waals surface area (Å²) in [5, 5.41) is 17.7. The van der Waals surface area contributed by atoms with Crippen molar-refractivity contribution in [3.05, 3.63) is 66.6 Å². The zero-order valence-corrected chi connectivity index (χ0v) is 14.3. The maximum atomic E-state index is 8.91. The molecule has 0 aliphatic carbocycles. The Labute approximate surface area is 155 Å². The quantitative estimate of drug-likeness (QED) is 0.584. The number of nitrogens with zero attached hydrogens (tertiary/aromatic N) is 3. The van der Waals surface area contributed by atoms with Crippen LogP contribution in [0.1, 0.15) is 5.69 Å². The van der Waals surface area contributed by atoms with Crippen LogP contribution in [0.15, 0.2) is 65.3 Å². The van der Waals surface area contributed by atoms with Gasteiger partial charge in [0.25, 0.3) is 0 Å². The number of aliphatic hydroxyl groups is 1. The Morgan fingerprint density at radius 2 is 1.85 bits per heavy atom. The van der Waals surface area contributed by atoms with Gasteiger partial charge in [-0.2, -0.15) is 5.26 Å². The number of nitriles is 1. The van der Waals surface area contributed by atoms with E-state index in [4.69, 9.17) is 19.5 Å². The van der Waals surface area contributed by atoms with Crippen LogP contribution in [0.5, 0.6) is 5.75 Å². The van der Waals surface area contributed by atoms with Gasteiger partial charge >= 0.3 is 0 Å². The van der Waals surface area contributed by atoms with Gasteiger partial charge in [0.05, 0.1) is 6.61 Å². The van der Waals surface area contributed by atoms with Gasteiger partial charge < -0.3 is 14.3 Å². The first-order valence-corrected chi connectivity index (χ1v) is 8.37. The number of fused-ring (bicyclic) bond motifs is 1. The molecule has 6 nitrogen and oxygen atoms in total. The van der Waals surface area contributed by atoms with Gasteiger partial charge in [-0.25, -0.2) is 4.98 Å². The number of ether oxygens (including phenoxy) is 1. The summed E-state index contributed by atoms with van der Waals surface area (Å²) in [6.07, 6.45) is 3.38. The molecule has 27 heavy (non-hydrogen) atoms. The Hall–Kier alpha value is -3.69. The highest BCUT2D eigenvalue weighted by molar-refractivity contribution is 5.92. The zero-order valence-electron chi connectivity index (χ0n) is 14.3. The largest absolute Gasteiger partial charge is 0.491 e. The van der Waals surface area contributed by atoms with Crippen LogP contribution in [0.4, 0.5) is 0 Å². The van der Waals surface area contributed by atoms with E-state index in [9.17, 15) is 0 Å². The fourth-order valence-electron chi connectivity index (χ4n) is 2.81. The van der Waals surface area contributed by atoms with Gasteiger partial charge in [-0.1, -0.05) is 0 Å². The monoisotopic (exact) mass is 357 g/mol. The number of rotatable bonds is 5. The summed E-state index contributed by atoms with van der Waals surface area (Å²) in [5.41, 5.74) is 4.40. The summed E-state index contributed by atoms with van der Waals surface area (Å²) in [7, 11) is 0. The van der Waals surface area contributed by atoms with Crippen molar-refractivity contribution in [2.45, 2.75) is 0 Å². The van der Waals surface area contributed by atoms with Crippen LogP contribution in [0.2, 0.25) is 0 Å². The van der Waals surface area contributed by atoms with Crippen molar-refractivity contribution in [1.82, 2.24) is 9.97 Å². The van der Waals surface area contributed by atoms with Gasteiger partial charge in [-0.15, -0.1) is 0 Å². The molecule has 0 spiro atoms. The minimum atomic E-state index is -0.0238. The summed E-state index contributed by atoms with van der Waals surface area (Å²) < 4.78 is 11.5. The van der Waals surface area contributed by atoms with E-state index >= 15 is 0 Å². The second kappa shape index (κ2) is 7.28. The van der Waals surface area contributed by atoms with Crippen LogP contribution in [0, 0.1) is 11.3 Å². The molecule has 132 valence electrons. The molecular formula is C21H15N3O3. The SMILES string of the molecule is N#Cc1ccc(-c2ccnc3cc(-c4ccc(OCCO)cc4)oc23)cn1. The predicted octanol–water partition coefficient (Wildman–Crippen LogP) is 3.80. The minimum absolute atomic E-state index is 0.0238. The molecular weight excluding hydrogens is 342 g/mol. The van der Waals surface area contributed by atoms with Gasteiger partial charge in [0.15, 0.2) is 5.58 Å². The molecule has 0 bridgehead atoms. The first kappa shape index (κ1) is 16.8. The minimum Gasteiger partial charge on any atom is -0.491 e. The number of aliphatic hydroxyl groups excluding tert-OH is 1. The van der Waals surface area contributed by atoms with E-state index in [1.807, 2.05) is 48.5 Å². The van der Waals surface area contributed by atoms with Gasteiger partial charge in [0, 0.05) is 35.2 Å². The number of hydrogen-bond acceptors (Lipinski definition) is 6. The van der Waals surface area contributed by atoms with E-state index in [0.717, 1.165) is 22.2 Å². The molecule has 0 aliphatic rings. The molecule has 4 aromatic rings. The van der Waals surface area contributed by atoms with Gasteiger partial charge in [0.1, 0.15) is 35.4 Å². The molecule has 6 heteroatoms. The lowest BCUT2D eigenvalue weighted by molar-refractivity contribution is 0.201. The second-order valence-corrected chi connectivity index (χ2v) is 5.82. The summed E-state index contributed by atoms with van der Waals surface area (Å²) in [5.74, 6) is 1.38. The van der Waals surface area contributed by atoms with Crippen molar-refractivity contribution < 1.29 is 14.3 Å². The van der Waals surface area contributed by atoms with E-state index in [1.165, 1.54) is 0 Å². The molecule has 0 fully saturated rings. The molecule has 0 saturated heterocycles. The average molecular weight is 357 g/mol. The molecule has 0 saturated carbocycles. The van der Waals surface area contributed by atoms with Crippen LogP contribution in [-0.2, 0) is 0 Å². The smallest absolute Gasteiger partial charge is 0.161 e. The maximum Gasteiger partial charge on any atom is 0.161 e. The standard InChI is InChI=1S/C21H15N3O3/c22-12-16-4-1-15(13-24-16)18-7-8-23-19-11-20(27-21(18)19)14-2-5-17(6-3-14)26-10-9-25/h1-8,11,13,25H,9-10H2. The number of pyridine rings is 2. The Kier molecular flexibility index (Phi) is 4.52. The first-order valence-electron chi connectivity index (χ1n) is 8.37.